The maximum absolute atomic E-state index is 12.7. The molecule has 6 heteroatoms. The Kier molecular flexibility index (Phi) is 5.69. The van der Waals surface area contributed by atoms with E-state index in [-0.39, 0.29) is 5.91 Å². The average Bonchev–Trinajstić information content (AvgIpc) is 2.94. The predicted octanol–water partition coefficient (Wildman–Crippen LogP) is 5.80. The van der Waals surface area contributed by atoms with E-state index in [0.29, 0.717) is 22.0 Å². The predicted molar refractivity (Wildman–Crippen MR) is 106 cm³/mol. The SMILES string of the molecule is Cc1ccc(NC(=O)c2ccccc2SCc2c(C)noc2C)cc1Cl. The summed E-state index contributed by atoms with van der Waals surface area (Å²) in [4.78, 5) is 13.6. The molecule has 1 heterocycles. The van der Waals surface area contributed by atoms with Crippen LogP contribution in [0.15, 0.2) is 51.9 Å². The molecule has 0 bridgehead atoms. The van der Waals surface area contributed by atoms with Crippen molar-refractivity contribution in [2.24, 2.45) is 0 Å². The second kappa shape index (κ2) is 7.98. The summed E-state index contributed by atoms with van der Waals surface area (Å²) < 4.78 is 5.21. The van der Waals surface area contributed by atoms with Gasteiger partial charge >= 0.3 is 0 Å². The van der Waals surface area contributed by atoms with Crippen molar-refractivity contribution >= 4 is 35.0 Å². The van der Waals surface area contributed by atoms with Crippen molar-refractivity contribution in [2.45, 2.75) is 31.4 Å². The van der Waals surface area contributed by atoms with Crippen molar-refractivity contribution in [1.29, 1.82) is 0 Å². The number of carbonyl (C=O) groups excluding carboxylic acids is 1. The van der Waals surface area contributed by atoms with Gasteiger partial charge in [0.25, 0.3) is 5.91 Å². The van der Waals surface area contributed by atoms with Gasteiger partial charge in [-0.1, -0.05) is 35.0 Å². The summed E-state index contributed by atoms with van der Waals surface area (Å²) in [5, 5.41) is 7.52. The fourth-order valence-electron chi connectivity index (χ4n) is 2.51. The summed E-state index contributed by atoms with van der Waals surface area (Å²) in [7, 11) is 0. The van der Waals surface area contributed by atoms with Gasteiger partial charge in [0.05, 0.1) is 11.3 Å². The first-order chi connectivity index (χ1) is 12.5. The summed E-state index contributed by atoms with van der Waals surface area (Å²) in [6.07, 6.45) is 0. The molecule has 0 atom stereocenters. The van der Waals surface area contributed by atoms with Crippen molar-refractivity contribution in [2.75, 3.05) is 5.32 Å². The molecule has 0 spiro atoms. The van der Waals surface area contributed by atoms with E-state index in [1.165, 1.54) is 0 Å². The summed E-state index contributed by atoms with van der Waals surface area (Å²) in [5.41, 5.74) is 4.22. The lowest BCUT2D eigenvalue weighted by molar-refractivity contribution is 0.102. The van der Waals surface area contributed by atoms with E-state index in [1.54, 1.807) is 17.8 Å². The quantitative estimate of drug-likeness (QED) is 0.563. The topological polar surface area (TPSA) is 55.1 Å². The molecule has 1 aromatic heterocycles. The lowest BCUT2D eigenvalue weighted by Crippen LogP contribution is -2.13. The Morgan fingerprint density at radius 2 is 1.96 bits per heavy atom. The number of hydrogen-bond acceptors (Lipinski definition) is 4. The lowest BCUT2D eigenvalue weighted by atomic mass is 10.2. The molecular weight excluding hydrogens is 368 g/mol. The fraction of sp³-hybridized carbons (Fsp3) is 0.200. The number of hydrogen-bond donors (Lipinski definition) is 1. The first kappa shape index (κ1) is 18.5. The maximum atomic E-state index is 12.7. The minimum Gasteiger partial charge on any atom is -0.361 e. The third-order valence-electron chi connectivity index (χ3n) is 4.11. The second-order valence-corrected chi connectivity index (χ2v) is 7.43. The Morgan fingerprint density at radius 3 is 2.65 bits per heavy atom. The van der Waals surface area contributed by atoms with Crippen molar-refractivity contribution in [3.8, 4) is 0 Å². The molecule has 1 N–H and O–H groups in total. The largest absolute Gasteiger partial charge is 0.361 e. The fourth-order valence-corrected chi connectivity index (χ4v) is 3.89. The highest BCUT2D eigenvalue weighted by molar-refractivity contribution is 7.98. The number of aryl methyl sites for hydroxylation is 3. The van der Waals surface area contributed by atoms with Crippen LogP contribution in [0, 0.1) is 20.8 Å². The number of halogens is 1. The Labute approximate surface area is 161 Å². The minimum atomic E-state index is -0.160. The molecule has 3 rings (SSSR count). The molecule has 0 aliphatic rings. The average molecular weight is 387 g/mol. The molecule has 26 heavy (non-hydrogen) atoms. The van der Waals surface area contributed by atoms with Gasteiger partial charge in [-0.2, -0.15) is 0 Å². The van der Waals surface area contributed by atoms with Crippen LogP contribution in [-0.2, 0) is 5.75 Å². The van der Waals surface area contributed by atoms with Crippen molar-refractivity contribution in [3.63, 3.8) is 0 Å². The molecule has 134 valence electrons. The van der Waals surface area contributed by atoms with Gasteiger partial charge in [0.2, 0.25) is 0 Å². The van der Waals surface area contributed by atoms with Crippen molar-refractivity contribution in [1.82, 2.24) is 5.16 Å². The molecule has 2 aromatic carbocycles. The third kappa shape index (κ3) is 4.11. The summed E-state index contributed by atoms with van der Waals surface area (Å²) >= 11 is 7.73. The van der Waals surface area contributed by atoms with Crippen LogP contribution in [0.25, 0.3) is 0 Å². The van der Waals surface area contributed by atoms with Gasteiger partial charge in [0.1, 0.15) is 5.76 Å². The molecule has 0 aliphatic carbocycles. The van der Waals surface area contributed by atoms with Crippen LogP contribution in [0.3, 0.4) is 0 Å². The van der Waals surface area contributed by atoms with E-state index in [9.17, 15) is 4.79 Å². The van der Waals surface area contributed by atoms with Crippen LogP contribution in [0.2, 0.25) is 5.02 Å². The first-order valence-electron chi connectivity index (χ1n) is 8.17. The monoisotopic (exact) mass is 386 g/mol. The standard InChI is InChI=1S/C20H19ClN2O2S/c1-12-8-9-15(10-18(12)21)22-20(24)16-6-4-5-7-19(16)26-11-17-13(2)23-25-14(17)3/h4-10H,11H2,1-3H3,(H,22,24). The van der Waals surface area contributed by atoms with Crippen LogP contribution < -0.4 is 5.32 Å². The Bertz CT molecular complexity index is 933. The normalized spacial score (nSPS) is 10.8. The van der Waals surface area contributed by atoms with E-state index in [4.69, 9.17) is 16.1 Å². The molecule has 3 aromatic rings. The number of carbonyl (C=O) groups is 1. The van der Waals surface area contributed by atoms with E-state index >= 15 is 0 Å². The number of benzene rings is 2. The Balaban J connectivity index is 1.77. The maximum Gasteiger partial charge on any atom is 0.256 e. The molecule has 0 saturated carbocycles. The smallest absolute Gasteiger partial charge is 0.256 e. The molecule has 0 radical (unpaired) electrons. The van der Waals surface area contributed by atoms with Gasteiger partial charge in [0, 0.05) is 26.9 Å². The lowest BCUT2D eigenvalue weighted by Gasteiger charge is -2.11. The van der Waals surface area contributed by atoms with Crippen molar-refractivity contribution in [3.05, 3.63) is 75.6 Å². The zero-order valence-electron chi connectivity index (χ0n) is 14.8. The van der Waals surface area contributed by atoms with Crippen LogP contribution in [0.5, 0.6) is 0 Å². The summed E-state index contributed by atoms with van der Waals surface area (Å²) in [6, 6.07) is 13.0. The van der Waals surface area contributed by atoms with Crippen LogP contribution in [-0.4, -0.2) is 11.1 Å². The highest BCUT2D eigenvalue weighted by atomic mass is 35.5. The van der Waals surface area contributed by atoms with Crippen molar-refractivity contribution < 1.29 is 9.32 Å². The number of rotatable bonds is 5. The van der Waals surface area contributed by atoms with E-state index in [0.717, 1.165) is 27.5 Å². The highest BCUT2D eigenvalue weighted by Gasteiger charge is 2.15. The zero-order chi connectivity index (χ0) is 18.7. The van der Waals surface area contributed by atoms with Crippen LogP contribution in [0.1, 0.15) is 32.9 Å². The number of anilines is 1. The molecule has 0 unspecified atom stereocenters. The van der Waals surface area contributed by atoms with Gasteiger partial charge in [0.15, 0.2) is 0 Å². The number of aromatic nitrogens is 1. The molecule has 0 saturated heterocycles. The molecule has 1 amide bonds. The van der Waals surface area contributed by atoms with E-state index in [2.05, 4.69) is 10.5 Å². The van der Waals surface area contributed by atoms with Gasteiger partial charge in [-0.25, -0.2) is 0 Å². The summed E-state index contributed by atoms with van der Waals surface area (Å²) in [5.74, 6) is 1.35. The molecule has 4 nitrogen and oxygen atoms in total. The van der Waals surface area contributed by atoms with Crippen LogP contribution in [0.4, 0.5) is 5.69 Å². The Morgan fingerprint density at radius 1 is 1.19 bits per heavy atom. The van der Waals surface area contributed by atoms with Gasteiger partial charge in [-0.15, -0.1) is 11.8 Å². The van der Waals surface area contributed by atoms with Gasteiger partial charge < -0.3 is 9.84 Å². The zero-order valence-corrected chi connectivity index (χ0v) is 16.4. The molecule has 0 aliphatic heterocycles. The second-order valence-electron chi connectivity index (χ2n) is 6.01. The van der Waals surface area contributed by atoms with Crippen LogP contribution >= 0.6 is 23.4 Å². The molecular formula is C20H19ClN2O2S. The number of thioether (sulfide) groups is 1. The molecule has 0 fully saturated rings. The Hall–Kier alpha value is -2.24. The van der Waals surface area contributed by atoms with Gasteiger partial charge in [-0.05, 0) is 50.6 Å². The summed E-state index contributed by atoms with van der Waals surface area (Å²) in [6.45, 7) is 5.75. The third-order valence-corrected chi connectivity index (χ3v) is 5.62. The first-order valence-corrected chi connectivity index (χ1v) is 9.53. The number of amides is 1. The highest BCUT2D eigenvalue weighted by Crippen LogP contribution is 2.29. The van der Waals surface area contributed by atoms with E-state index in [1.807, 2.05) is 57.2 Å². The van der Waals surface area contributed by atoms with Gasteiger partial charge in [-0.3, -0.25) is 4.79 Å². The van der Waals surface area contributed by atoms with E-state index < -0.39 is 0 Å². The number of nitrogens with zero attached hydrogens (tertiary/aromatic N) is 1. The number of nitrogens with one attached hydrogen (secondary N) is 1. The minimum absolute atomic E-state index is 0.160.